The van der Waals surface area contributed by atoms with Gasteiger partial charge in [-0.05, 0) is 63.2 Å². The number of carbonyl (C=O) groups is 2. The number of rotatable bonds is 6. The van der Waals surface area contributed by atoms with E-state index < -0.39 is 11.9 Å². The van der Waals surface area contributed by atoms with Gasteiger partial charge in [0, 0.05) is 5.69 Å². The molecule has 27 heavy (non-hydrogen) atoms. The van der Waals surface area contributed by atoms with Crippen LogP contribution in [0.4, 0.5) is 15.8 Å². The fraction of sp³-hybridized carbons (Fsp3) is 0.300. The predicted octanol–water partition coefficient (Wildman–Crippen LogP) is 3.99. The number of nitrogens with one attached hydrogen (secondary N) is 2. The fourth-order valence-corrected chi connectivity index (χ4v) is 2.68. The van der Waals surface area contributed by atoms with E-state index in [1.54, 1.807) is 18.9 Å². The van der Waals surface area contributed by atoms with Gasteiger partial charge >= 0.3 is 0 Å². The van der Waals surface area contributed by atoms with Crippen LogP contribution < -0.4 is 10.6 Å². The second-order valence-electron chi connectivity index (χ2n) is 6.50. The van der Waals surface area contributed by atoms with Gasteiger partial charge in [0.25, 0.3) is 0 Å². The summed E-state index contributed by atoms with van der Waals surface area (Å²) < 4.78 is 13.1. The first-order chi connectivity index (χ1) is 12.7. The first kappa shape index (κ1) is 20.9. The topological polar surface area (TPSA) is 61.4 Å². The molecule has 0 saturated heterocycles. The second kappa shape index (κ2) is 8.97. The van der Waals surface area contributed by atoms with Gasteiger partial charge in [-0.25, -0.2) is 4.39 Å². The van der Waals surface area contributed by atoms with E-state index in [0.29, 0.717) is 5.69 Å². The van der Waals surface area contributed by atoms with Crippen LogP contribution in [-0.2, 0) is 9.59 Å². The third-order valence-corrected chi connectivity index (χ3v) is 4.81. The van der Waals surface area contributed by atoms with Crippen molar-refractivity contribution in [1.29, 1.82) is 0 Å². The third kappa shape index (κ3) is 5.52. The summed E-state index contributed by atoms with van der Waals surface area (Å²) >= 11 is 5.93. The van der Waals surface area contributed by atoms with Crippen LogP contribution in [0.2, 0.25) is 5.02 Å². The zero-order chi connectivity index (χ0) is 20.1. The van der Waals surface area contributed by atoms with Gasteiger partial charge in [0.05, 0.1) is 23.3 Å². The van der Waals surface area contributed by atoms with Crippen LogP contribution >= 0.6 is 11.6 Å². The van der Waals surface area contributed by atoms with Gasteiger partial charge in [0.1, 0.15) is 5.82 Å². The lowest BCUT2D eigenvalue weighted by atomic mass is 10.1. The predicted molar refractivity (Wildman–Crippen MR) is 107 cm³/mol. The number of carbonyl (C=O) groups excluding carboxylic acids is 2. The van der Waals surface area contributed by atoms with Crippen molar-refractivity contribution in [1.82, 2.24) is 4.90 Å². The molecule has 0 bridgehead atoms. The zero-order valence-electron chi connectivity index (χ0n) is 15.8. The Balaban J connectivity index is 1.95. The monoisotopic (exact) mass is 391 g/mol. The maximum atomic E-state index is 13.1. The molecule has 0 saturated carbocycles. The minimum absolute atomic E-state index is 0.0408. The van der Waals surface area contributed by atoms with Gasteiger partial charge in [0.15, 0.2) is 0 Å². The summed E-state index contributed by atoms with van der Waals surface area (Å²) in [6.07, 6.45) is 0. The number of amides is 2. The van der Waals surface area contributed by atoms with Crippen molar-refractivity contribution in [2.24, 2.45) is 0 Å². The highest BCUT2D eigenvalue weighted by Crippen LogP contribution is 2.23. The standard InChI is InChI=1S/C20H23ClFN3O2/c1-12-6-5-7-17(13(12)2)23-19(26)11-25(4)14(3)20(27)24-18-9-8-15(22)10-16(18)21/h5-10,14H,11H2,1-4H3,(H,23,26)(H,24,27). The molecule has 2 rings (SSSR count). The van der Waals surface area contributed by atoms with E-state index in [0.717, 1.165) is 22.9 Å². The van der Waals surface area contributed by atoms with E-state index in [1.807, 2.05) is 32.0 Å². The molecule has 0 spiro atoms. The Hall–Kier alpha value is -2.44. The molecule has 0 aliphatic rings. The number of nitrogens with zero attached hydrogens (tertiary/aromatic N) is 1. The molecular weight excluding hydrogens is 369 g/mol. The number of benzene rings is 2. The summed E-state index contributed by atoms with van der Waals surface area (Å²) in [7, 11) is 1.68. The molecule has 0 heterocycles. The first-order valence-corrected chi connectivity index (χ1v) is 8.89. The van der Waals surface area contributed by atoms with Crippen molar-refractivity contribution in [3.8, 4) is 0 Å². The quantitative estimate of drug-likeness (QED) is 0.782. The average molecular weight is 392 g/mol. The van der Waals surface area contributed by atoms with Crippen LogP contribution in [0, 0.1) is 19.7 Å². The number of hydrogen-bond acceptors (Lipinski definition) is 3. The van der Waals surface area contributed by atoms with Crippen LogP contribution in [0.25, 0.3) is 0 Å². The van der Waals surface area contributed by atoms with Gasteiger partial charge in [-0.2, -0.15) is 0 Å². The normalized spacial score (nSPS) is 12.0. The summed E-state index contributed by atoms with van der Waals surface area (Å²) in [5, 5.41) is 5.63. The molecular formula is C20H23ClFN3O2. The molecule has 0 aromatic heterocycles. The zero-order valence-corrected chi connectivity index (χ0v) is 16.5. The summed E-state index contributed by atoms with van der Waals surface area (Å²) in [4.78, 5) is 26.3. The largest absolute Gasteiger partial charge is 0.325 e. The molecule has 0 aliphatic heterocycles. The van der Waals surface area contributed by atoms with Gasteiger partial charge in [-0.1, -0.05) is 23.7 Å². The van der Waals surface area contributed by atoms with Crippen LogP contribution in [0.1, 0.15) is 18.1 Å². The Bertz CT molecular complexity index is 857. The van der Waals surface area contributed by atoms with Crippen molar-refractivity contribution in [2.45, 2.75) is 26.8 Å². The van der Waals surface area contributed by atoms with Crippen LogP contribution in [-0.4, -0.2) is 36.3 Å². The molecule has 2 aromatic rings. The maximum absolute atomic E-state index is 13.1. The van der Waals surface area contributed by atoms with E-state index in [-0.39, 0.29) is 23.4 Å². The Morgan fingerprint density at radius 2 is 1.85 bits per heavy atom. The number of anilines is 2. The highest BCUT2D eigenvalue weighted by atomic mass is 35.5. The van der Waals surface area contributed by atoms with E-state index in [1.165, 1.54) is 12.1 Å². The van der Waals surface area contributed by atoms with Crippen molar-refractivity contribution in [2.75, 3.05) is 24.2 Å². The Kier molecular flexibility index (Phi) is 6.93. The summed E-state index contributed by atoms with van der Waals surface area (Å²) in [5.41, 5.74) is 3.17. The fourth-order valence-electron chi connectivity index (χ4n) is 2.47. The minimum Gasteiger partial charge on any atom is -0.325 e. The van der Waals surface area contributed by atoms with Crippen molar-refractivity contribution in [3.63, 3.8) is 0 Å². The molecule has 0 aliphatic carbocycles. The third-order valence-electron chi connectivity index (χ3n) is 4.50. The van der Waals surface area contributed by atoms with Gasteiger partial charge in [-0.3, -0.25) is 14.5 Å². The summed E-state index contributed by atoms with van der Waals surface area (Å²) in [6.45, 7) is 5.64. The number of hydrogen-bond donors (Lipinski definition) is 2. The first-order valence-electron chi connectivity index (χ1n) is 8.51. The number of halogens is 2. The smallest absolute Gasteiger partial charge is 0.241 e. The lowest BCUT2D eigenvalue weighted by Crippen LogP contribution is -2.43. The molecule has 7 heteroatoms. The molecule has 2 aromatic carbocycles. The van der Waals surface area contributed by atoms with E-state index >= 15 is 0 Å². The Morgan fingerprint density at radius 1 is 1.15 bits per heavy atom. The minimum atomic E-state index is -0.588. The van der Waals surface area contributed by atoms with Crippen LogP contribution in [0.15, 0.2) is 36.4 Å². The molecule has 0 fully saturated rings. The van der Waals surface area contributed by atoms with Gasteiger partial charge in [0.2, 0.25) is 11.8 Å². The summed E-state index contributed by atoms with van der Waals surface area (Å²) in [5.74, 6) is -1.04. The molecule has 1 unspecified atom stereocenters. The van der Waals surface area contributed by atoms with E-state index in [4.69, 9.17) is 11.6 Å². The molecule has 144 valence electrons. The molecule has 0 radical (unpaired) electrons. The average Bonchev–Trinajstić information content (AvgIpc) is 2.60. The summed E-state index contributed by atoms with van der Waals surface area (Å²) in [6, 6.07) is 8.85. The lowest BCUT2D eigenvalue weighted by Gasteiger charge is -2.23. The van der Waals surface area contributed by atoms with Crippen LogP contribution in [0.3, 0.4) is 0 Å². The molecule has 2 amide bonds. The number of likely N-dealkylation sites (N-methyl/N-ethyl adjacent to an activating group) is 1. The Labute approximate surface area is 163 Å². The van der Waals surface area contributed by atoms with Gasteiger partial charge < -0.3 is 10.6 Å². The maximum Gasteiger partial charge on any atom is 0.241 e. The highest BCUT2D eigenvalue weighted by molar-refractivity contribution is 6.33. The van der Waals surface area contributed by atoms with Crippen molar-refractivity contribution in [3.05, 3.63) is 58.4 Å². The second-order valence-corrected chi connectivity index (χ2v) is 6.91. The number of aryl methyl sites for hydroxylation is 1. The van der Waals surface area contributed by atoms with Gasteiger partial charge in [-0.15, -0.1) is 0 Å². The van der Waals surface area contributed by atoms with Crippen molar-refractivity contribution < 1.29 is 14.0 Å². The molecule has 5 nitrogen and oxygen atoms in total. The molecule has 1 atom stereocenters. The van der Waals surface area contributed by atoms with E-state index in [9.17, 15) is 14.0 Å². The lowest BCUT2D eigenvalue weighted by molar-refractivity contribution is -0.122. The Morgan fingerprint density at radius 3 is 2.52 bits per heavy atom. The molecule has 2 N–H and O–H groups in total. The van der Waals surface area contributed by atoms with Crippen molar-refractivity contribution >= 4 is 34.8 Å². The highest BCUT2D eigenvalue weighted by Gasteiger charge is 2.21. The SMILES string of the molecule is Cc1cccc(NC(=O)CN(C)C(C)C(=O)Nc2ccc(F)cc2Cl)c1C. The van der Waals surface area contributed by atoms with Crippen LogP contribution in [0.5, 0.6) is 0 Å². The van der Waals surface area contributed by atoms with E-state index in [2.05, 4.69) is 10.6 Å².